The van der Waals surface area contributed by atoms with Gasteiger partial charge < -0.3 is 9.42 Å². The Morgan fingerprint density at radius 2 is 1.80 bits per heavy atom. The molecular weight excluding hydrogens is 407 g/mol. The zero-order valence-electron chi connectivity index (χ0n) is 15.7. The molecule has 4 rings (SSSR count). The fraction of sp³-hybridized carbons (Fsp3) is 0.238. The Kier molecular flexibility index (Phi) is 5.05. The molecule has 0 aliphatic carbocycles. The Bertz CT molecular complexity index is 1120. The number of rotatable bonds is 3. The summed E-state index contributed by atoms with van der Waals surface area (Å²) in [5, 5.41) is 3.94. The number of halogens is 5. The topological polar surface area (TPSA) is 46.3 Å². The van der Waals surface area contributed by atoms with E-state index in [0.717, 1.165) is 24.3 Å². The number of amides is 1. The molecule has 0 N–H and O–H groups in total. The van der Waals surface area contributed by atoms with Crippen LogP contribution in [-0.2, 0) is 24.2 Å². The van der Waals surface area contributed by atoms with Gasteiger partial charge in [-0.3, -0.25) is 4.79 Å². The number of nitrogens with zero attached hydrogens (tertiary/aromatic N) is 2. The SMILES string of the molecule is C[C@@H]1Cc2noc(-c3ccc(F)cc3F)c2CN1C(=O)Cc1cc(F)c(F)c(F)c1. The maximum absolute atomic E-state index is 14.2. The second kappa shape index (κ2) is 7.55. The summed E-state index contributed by atoms with van der Waals surface area (Å²) < 4.78 is 72.7. The molecule has 1 amide bonds. The molecule has 0 radical (unpaired) electrons. The van der Waals surface area contributed by atoms with Crippen LogP contribution in [0, 0.1) is 29.1 Å². The fourth-order valence-electron chi connectivity index (χ4n) is 3.59. The van der Waals surface area contributed by atoms with Gasteiger partial charge in [0.2, 0.25) is 5.91 Å². The molecule has 0 bridgehead atoms. The summed E-state index contributed by atoms with van der Waals surface area (Å²) in [6.45, 7) is 1.79. The Labute approximate surface area is 167 Å². The number of carbonyl (C=O) groups is 1. The summed E-state index contributed by atoms with van der Waals surface area (Å²) in [6.07, 6.45) is -0.0289. The van der Waals surface area contributed by atoms with Gasteiger partial charge in [0.1, 0.15) is 11.6 Å². The van der Waals surface area contributed by atoms with Crippen LogP contribution < -0.4 is 0 Å². The van der Waals surface area contributed by atoms with Crippen molar-refractivity contribution in [3.05, 3.63) is 76.2 Å². The van der Waals surface area contributed by atoms with Gasteiger partial charge in [0, 0.05) is 24.1 Å². The summed E-state index contributed by atoms with van der Waals surface area (Å²) >= 11 is 0. The monoisotopic (exact) mass is 422 g/mol. The molecule has 9 heteroatoms. The highest BCUT2D eigenvalue weighted by Crippen LogP contribution is 2.34. The Morgan fingerprint density at radius 1 is 1.10 bits per heavy atom. The van der Waals surface area contributed by atoms with Crippen molar-refractivity contribution in [3.8, 4) is 11.3 Å². The van der Waals surface area contributed by atoms with Gasteiger partial charge in [0.05, 0.1) is 24.2 Å². The van der Waals surface area contributed by atoms with Crippen LogP contribution in [0.15, 0.2) is 34.9 Å². The largest absolute Gasteiger partial charge is 0.356 e. The number of hydrogen-bond donors (Lipinski definition) is 0. The number of hydrogen-bond acceptors (Lipinski definition) is 3. The molecule has 0 unspecified atom stereocenters. The minimum atomic E-state index is -1.60. The lowest BCUT2D eigenvalue weighted by atomic mass is 9.96. The maximum Gasteiger partial charge on any atom is 0.227 e. The van der Waals surface area contributed by atoms with Crippen molar-refractivity contribution >= 4 is 5.91 Å². The summed E-state index contributed by atoms with van der Waals surface area (Å²) in [7, 11) is 0. The molecule has 156 valence electrons. The van der Waals surface area contributed by atoms with Gasteiger partial charge in [-0.1, -0.05) is 5.16 Å². The quantitative estimate of drug-likeness (QED) is 0.460. The van der Waals surface area contributed by atoms with Crippen molar-refractivity contribution in [1.29, 1.82) is 0 Å². The lowest BCUT2D eigenvalue weighted by Gasteiger charge is -2.33. The van der Waals surface area contributed by atoms with Crippen LogP contribution in [-0.4, -0.2) is 22.0 Å². The lowest BCUT2D eigenvalue weighted by molar-refractivity contribution is -0.133. The Balaban J connectivity index is 1.61. The molecule has 0 saturated heterocycles. The first kappa shape index (κ1) is 20.1. The van der Waals surface area contributed by atoms with Crippen LogP contribution in [0.25, 0.3) is 11.3 Å². The van der Waals surface area contributed by atoms with Crippen molar-refractivity contribution in [3.63, 3.8) is 0 Å². The minimum Gasteiger partial charge on any atom is -0.356 e. The number of fused-ring (bicyclic) bond motifs is 1. The summed E-state index contributed by atoms with van der Waals surface area (Å²) in [5.74, 6) is -6.29. The summed E-state index contributed by atoms with van der Waals surface area (Å²) in [6, 6.07) is 4.26. The fourth-order valence-corrected chi connectivity index (χ4v) is 3.59. The van der Waals surface area contributed by atoms with Gasteiger partial charge in [-0.2, -0.15) is 0 Å². The van der Waals surface area contributed by atoms with Gasteiger partial charge >= 0.3 is 0 Å². The van der Waals surface area contributed by atoms with E-state index in [1.807, 2.05) is 0 Å². The van der Waals surface area contributed by atoms with E-state index >= 15 is 0 Å². The van der Waals surface area contributed by atoms with Crippen LogP contribution in [0.2, 0.25) is 0 Å². The average molecular weight is 422 g/mol. The molecule has 0 spiro atoms. The van der Waals surface area contributed by atoms with Crippen molar-refractivity contribution in [2.45, 2.75) is 32.4 Å². The molecular formula is C21H15F5N2O2. The predicted molar refractivity (Wildman–Crippen MR) is 95.6 cm³/mol. The summed E-state index contributed by atoms with van der Waals surface area (Å²) in [5.41, 5.74) is 1.02. The number of aromatic nitrogens is 1. The van der Waals surface area contributed by atoms with E-state index in [2.05, 4.69) is 5.16 Å². The van der Waals surface area contributed by atoms with Crippen molar-refractivity contribution < 1.29 is 31.3 Å². The van der Waals surface area contributed by atoms with Gasteiger partial charge in [-0.05, 0) is 36.8 Å². The third kappa shape index (κ3) is 3.55. The van der Waals surface area contributed by atoms with Crippen LogP contribution in [0.1, 0.15) is 23.7 Å². The van der Waals surface area contributed by atoms with E-state index in [-0.39, 0.29) is 35.9 Å². The van der Waals surface area contributed by atoms with E-state index in [1.165, 1.54) is 11.0 Å². The van der Waals surface area contributed by atoms with Gasteiger partial charge in [-0.25, -0.2) is 22.0 Å². The normalized spacial score (nSPS) is 15.9. The van der Waals surface area contributed by atoms with Crippen LogP contribution in [0.5, 0.6) is 0 Å². The van der Waals surface area contributed by atoms with Gasteiger partial charge in [0.25, 0.3) is 0 Å². The standard InChI is InChI=1S/C21H15F5N2O2/c1-10-4-18-14(21(30-27-18)13-3-2-12(22)8-15(13)23)9-28(10)19(29)7-11-5-16(24)20(26)17(25)6-11/h2-3,5-6,8,10H,4,7,9H2,1H3/t10-/m1/s1. The smallest absolute Gasteiger partial charge is 0.227 e. The van der Waals surface area contributed by atoms with Crippen molar-refractivity contribution in [1.82, 2.24) is 10.1 Å². The van der Waals surface area contributed by atoms with E-state index in [4.69, 9.17) is 4.52 Å². The zero-order chi connectivity index (χ0) is 21.6. The highest BCUT2D eigenvalue weighted by atomic mass is 19.2. The molecule has 1 aromatic heterocycles. The molecule has 2 aromatic carbocycles. The van der Waals surface area contributed by atoms with E-state index in [0.29, 0.717) is 17.7 Å². The number of benzene rings is 2. The first-order valence-corrected chi connectivity index (χ1v) is 9.10. The molecule has 30 heavy (non-hydrogen) atoms. The van der Waals surface area contributed by atoms with E-state index in [9.17, 15) is 26.7 Å². The van der Waals surface area contributed by atoms with Crippen molar-refractivity contribution in [2.75, 3.05) is 0 Å². The van der Waals surface area contributed by atoms with Crippen LogP contribution in [0.3, 0.4) is 0 Å². The lowest BCUT2D eigenvalue weighted by Crippen LogP contribution is -2.43. The van der Waals surface area contributed by atoms with Crippen LogP contribution >= 0.6 is 0 Å². The second-order valence-electron chi connectivity index (χ2n) is 7.19. The Hall–Kier alpha value is -3.23. The van der Waals surface area contributed by atoms with Gasteiger partial charge in [0.15, 0.2) is 23.2 Å². The average Bonchev–Trinajstić information content (AvgIpc) is 3.07. The zero-order valence-corrected chi connectivity index (χ0v) is 15.7. The third-order valence-corrected chi connectivity index (χ3v) is 5.11. The molecule has 0 saturated carbocycles. The van der Waals surface area contributed by atoms with Crippen molar-refractivity contribution in [2.24, 2.45) is 0 Å². The second-order valence-corrected chi connectivity index (χ2v) is 7.19. The first-order valence-electron chi connectivity index (χ1n) is 9.10. The Morgan fingerprint density at radius 3 is 2.47 bits per heavy atom. The molecule has 0 fully saturated rings. The molecule has 3 aromatic rings. The molecule has 1 aliphatic rings. The highest BCUT2D eigenvalue weighted by molar-refractivity contribution is 5.80. The molecule has 1 aliphatic heterocycles. The maximum atomic E-state index is 14.2. The number of carbonyl (C=O) groups excluding carboxylic acids is 1. The molecule has 2 heterocycles. The molecule has 1 atom stereocenters. The molecule has 4 nitrogen and oxygen atoms in total. The van der Waals surface area contributed by atoms with E-state index in [1.54, 1.807) is 6.92 Å². The van der Waals surface area contributed by atoms with E-state index < -0.39 is 35.0 Å². The predicted octanol–water partition coefficient (Wildman–Crippen LogP) is 4.55. The van der Waals surface area contributed by atoms with Crippen LogP contribution in [0.4, 0.5) is 22.0 Å². The summed E-state index contributed by atoms with van der Waals surface area (Å²) in [4.78, 5) is 14.2. The minimum absolute atomic E-state index is 0.00905. The van der Waals surface area contributed by atoms with Gasteiger partial charge in [-0.15, -0.1) is 0 Å². The first-order chi connectivity index (χ1) is 14.2. The third-order valence-electron chi connectivity index (χ3n) is 5.11. The highest BCUT2D eigenvalue weighted by Gasteiger charge is 2.33.